The second kappa shape index (κ2) is 7.44. The number of hydrogen-bond acceptors (Lipinski definition) is 4. The molecule has 5 heteroatoms. The molecule has 134 valence electrons. The number of methoxy groups -OCH3 is 2. The Morgan fingerprint density at radius 3 is 2.31 bits per heavy atom. The van der Waals surface area contributed by atoms with Gasteiger partial charge in [-0.15, -0.1) is 0 Å². The highest BCUT2D eigenvalue weighted by atomic mass is 16.5. The lowest BCUT2D eigenvalue weighted by Crippen LogP contribution is -2.27. The first-order valence-corrected chi connectivity index (χ1v) is 8.35. The van der Waals surface area contributed by atoms with Crippen LogP contribution in [0.15, 0.2) is 48.5 Å². The van der Waals surface area contributed by atoms with E-state index in [1.165, 1.54) is 0 Å². The number of ether oxygens (including phenoxy) is 2. The molecule has 0 spiro atoms. The number of carbonyl (C=O) groups is 1. The molecule has 0 saturated carbocycles. The molecule has 0 aliphatic heterocycles. The molecule has 0 aliphatic carbocycles. The predicted octanol–water partition coefficient (Wildman–Crippen LogP) is 3.83. The lowest BCUT2D eigenvalue weighted by molar-refractivity contribution is 0.0784. The average Bonchev–Trinajstić information content (AvgIpc) is 2.67. The fraction of sp³-hybridized carbons (Fsp3) is 0.238. The average molecular weight is 350 g/mol. The van der Waals surface area contributed by atoms with Crippen LogP contribution < -0.4 is 9.47 Å². The van der Waals surface area contributed by atoms with Crippen LogP contribution in [-0.4, -0.2) is 37.1 Å². The number of hydrogen-bond donors (Lipinski definition) is 0. The summed E-state index contributed by atoms with van der Waals surface area (Å²) >= 11 is 0. The molecule has 0 aliphatic rings. The van der Waals surface area contributed by atoms with Crippen LogP contribution in [0.3, 0.4) is 0 Å². The zero-order valence-corrected chi connectivity index (χ0v) is 15.4. The van der Waals surface area contributed by atoms with E-state index in [1.807, 2.05) is 55.5 Å². The molecule has 0 fully saturated rings. The van der Waals surface area contributed by atoms with Crippen LogP contribution in [0.4, 0.5) is 0 Å². The lowest BCUT2D eigenvalue weighted by atomic mass is 10.1. The molecule has 2 aromatic carbocycles. The monoisotopic (exact) mass is 350 g/mol. The zero-order valence-electron chi connectivity index (χ0n) is 15.4. The van der Waals surface area contributed by atoms with Gasteiger partial charge < -0.3 is 14.4 Å². The highest BCUT2D eigenvalue weighted by Crippen LogP contribution is 2.23. The molecular weight excluding hydrogens is 328 g/mol. The SMILES string of the molecule is COc1ccc(CN(C)C(=O)c2cc3ccc(OC)cc3nc2C)cc1. The molecule has 0 N–H and O–H groups in total. The van der Waals surface area contributed by atoms with Crippen molar-refractivity contribution >= 4 is 16.8 Å². The van der Waals surface area contributed by atoms with Crippen molar-refractivity contribution in [1.82, 2.24) is 9.88 Å². The molecule has 0 radical (unpaired) electrons. The fourth-order valence-electron chi connectivity index (χ4n) is 2.87. The Hall–Kier alpha value is -3.08. The van der Waals surface area contributed by atoms with E-state index in [-0.39, 0.29) is 5.91 Å². The molecule has 3 rings (SSSR count). The largest absolute Gasteiger partial charge is 0.497 e. The first-order valence-electron chi connectivity index (χ1n) is 8.35. The van der Waals surface area contributed by atoms with Gasteiger partial charge in [0, 0.05) is 25.0 Å². The molecule has 1 heterocycles. The number of aromatic nitrogens is 1. The molecule has 0 bridgehead atoms. The Morgan fingerprint density at radius 2 is 1.65 bits per heavy atom. The summed E-state index contributed by atoms with van der Waals surface area (Å²) in [5.74, 6) is 1.50. The summed E-state index contributed by atoms with van der Waals surface area (Å²) in [6.07, 6.45) is 0. The lowest BCUT2D eigenvalue weighted by Gasteiger charge is -2.19. The Labute approximate surface area is 153 Å². The fourth-order valence-corrected chi connectivity index (χ4v) is 2.87. The zero-order chi connectivity index (χ0) is 18.7. The maximum Gasteiger partial charge on any atom is 0.255 e. The van der Waals surface area contributed by atoms with Crippen LogP contribution in [0.5, 0.6) is 11.5 Å². The normalized spacial score (nSPS) is 10.6. The van der Waals surface area contributed by atoms with Crippen molar-refractivity contribution in [3.63, 3.8) is 0 Å². The van der Waals surface area contributed by atoms with Gasteiger partial charge in [0.05, 0.1) is 31.0 Å². The van der Waals surface area contributed by atoms with E-state index in [4.69, 9.17) is 9.47 Å². The smallest absolute Gasteiger partial charge is 0.255 e. The number of fused-ring (bicyclic) bond motifs is 1. The van der Waals surface area contributed by atoms with Gasteiger partial charge in [-0.05, 0) is 42.8 Å². The summed E-state index contributed by atoms with van der Waals surface area (Å²) in [5, 5.41) is 0.914. The van der Waals surface area contributed by atoms with Crippen LogP contribution >= 0.6 is 0 Å². The van der Waals surface area contributed by atoms with E-state index in [0.717, 1.165) is 28.0 Å². The summed E-state index contributed by atoms with van der Waals surface area (Å²) in [4.78, 5) is 19.2. The molecule has 0 atom stereocenters. The van der Waals surface area contributed by atoms with E-state index in [0.29, 0.717) is 17.8 Å². The number of nitrogens with zero attached hydrogens (tertiary/aromatic N) is 2. The van der Waals surface area contributed by atoms with Crippen molar-refractivity contribution in [2.24, 2.45) is 0 Å². The number of benzene rings is 2. The molecule has 0 unspecified atom stereocenters. The summed E-state index contributed by atoms with van der Waals surface area (Å²) in [5.41, 5.74) is 3.17. The maximum atomic E-state index is 12.9. The number of rotatable bonds is 5. The first-order chi connectivity index (χ1) is 12.5. The topological polar surface area (TPSA) is 51.7 Å². The summed E-state index contributed by atoms with van der Waals surface area (Å²) in [7, 11) is 5.06. The highest BCUT2D eigenvalue weighted by molar-refractivity contribution is 5.98. The summed E-state index contributed by atoms with van der Waals surface area (Å²) in [6.45, 7) is 2.37. The summed E-state index contributed by atoms with van der Waals surface area (Å²) in [6, 6.07) is 15.3. The van der Waals surface area contributed by atoms with Crippen LogP contribution in [0.2, 0.25) is 0 Å². The minimum atomic E-state index is -0.0523. The molecule has 5 nitrogen and oxygen atoms in total. The van der Waals surface area contributed by atoms with Crippen molar-refractivity contribution in [2.75, 3.05) is 21.3 Å². The number of pyridine rings is 1. The van der Waals surface area contributed by atoms with E-state index < -0.39 is 0 Å². The Balaban J connectivity index is 1.84. The van der Waals surface area contributed by atoms with E-state index in [2.05, 4.69) is 4.98 Å². The third kappa shape index (κ3) is 3.61. The molecule has 1 amide bonds. The number of carbonyl (C=O) groups excluding carboxylic acids is 1. The maximum absolute atomic E-state index is 12.9. The van der Waals surface area contributed by atoms with Crippen LogP contribution in [0.25, 0.3) is 10.9 Å². The molecule has 3 aromatic rings. The quantitative estimate of drug-likeness (QED) is 0.702. The Morgan fingerprint density at radius 1 is 1.00 bits per heavy atom. The minimum absolute atomic E-state index is 0.0523. The highest BCUT2D eigenvalue weighted by Gasteiger charge is 2.16. The molecular formula is C21H22N2O3. The van der Waals surface area contributed by atoms with Gasteiger partial charge in [0.15, 0.2) is 0 Å². The molecule has 26 heavy (non-hydrogen) atoms. The van der Waals surface area contributed by atoms with Gasteiger partial charge in [0.1, 0.15) is 11.5 Å². The first kappa shape index (κ1) is 17.7. The Kier molecular flexibility index (Phi) is 5.07. The second-order valence-corrected chi connectivity index (χ2v) is 6.19. The number of aryl methyl sites for hydroxylation is 1. The van der Waals surface area contributed by atoms with Crippen LogP contribution in [0.1, 0.15) is 21.6 Å². The predicted molar refractivity (Wildman–Crippen MR) is 102 cm³/mol. The van der Waals surface area contributed by atoms with Crippen LogP contribution in [0, 0.1) is 6.92 Å². The van der Waals surface area contributed by atoms with Crippen molar-refractivity contribution in [3.05, 3.63) is 65.4 Å². The van der Waals surface area contributed by atoms with Crippen molar-refractivity contribution in [3.8, 4) is 11.5 Å². The van der Waals surface area contributed by atoms with Gasteiger partial charge in [-0.25, -0.2) is 0 Å². The van der Waals surface area contributed by atoms with Gasteiger partial charge >= 0.3 is 0 Å². The third-order valence-corrected chi connectivity index (χ3v) is 4.37. The van der Waals surface area contributed by atoms with Gasteiger partial charge in [-0.3, -0.25) is 9.78 Å². The summed E-state index contributed by atoms with van der Waals surface area (Å²) < 4.78 is 10.4. The van der Waals surface area contributed by atoms with Crippen molar-refractivity contribution in [1.29, 1.82) is 0 Å². The molecule has 1 aromatic heterocycles. The van der Waals surface area contributed by atoms with Gasteiger partial charge in [-0.2, -0.15) is 0 Å². The van der Waals surface area contributed by atoms with Gasteiger partial charge in [-0.1, -0.05) is 12.1 Å². The third-order valence-electron chi connectivity index (χ3n) is 4.37. The van der Waals surface area contributed by atoms with E-state index >= 15 is 0 Å². The Bertz CT molecular complexity index is 936. The van der Waals surface area contributed by atoms with Gasteiger partial charge in [0.25, 0.3) is 5.91 Å². The van der Waals surface area contributed by atoms with Crippen molar-refractivity contribution in [2.45, 2.75) is 13.5 Å². The number of amides is 1. The van der Waals surface area contributed by atoms with Crippen molar-refractivity contribution < 1.29 is 14.3 Å². The minimum Gasteiger partial charge on any atom is -0.497 e. The van der Waals surface area contributed by atoms with Crippen LogP contribution in [-0.2, 0) is 6.54 Å². The van der Waals surface area contributed by atoms with E-state index in [9.17, 15) is 4.79 Å². The molecule has 0 saturated heterocycles. The van der Waals surface area contributed by atoms with Gasteiger partial charge in [0.2, 0.25) is 0 Å². The van der Waals surface area contributed by atoms with E-state index in [1.54, 1.807) is 26.2 Å². The standard InChI is InChI=1S/C21H22N2O3/c1-14-19(11-16-7-10-18(26-4)12-20(16)22-14)21(24)23(2)13-15-5-8-17(25-3)9-6-15/h5-12H,13H2,1-4H3. The second-order valence-electron chi connectivity index (χ2n) is 6.19.